The Morgan fingerprint density at radius 3 is 2.92 bits per heavy atom. The van der Waals surface area contributed by atoms with Gasteiger partial charge < -0.3 is 10.0 Å². The Balaban J connectivity index is 2.20. The van der Waals surface area contributed by atoms with Crippen molar-refractivity contribution in [3.63, 3.8) is 0 Å². The van der Waals surface area contributed by atoms with Crippen LogP contribution in [0.1, 0.15) is 6.42 Å². The van der Waals surface area contributed by atoms with E-state index >= 15 is 0 Å². The number of aliphatic hydroxyl groups is 1. The van der Waals surface area contributed by atoms with Crippen LogP contribution in [-0.2, 0) is 7.05 Å². The summed E-state index contributed by atoms with van der Waals surface area (Å²) in [7, 11) is 1.91. The maximum absolute atomic E-state index is 9.38. The van der Waals surface area contributed by atoms with Crippen LogP contribution in [0.4, 0.5) is 5.82 Å². The summed E-state index contributed by atoms with van der Waals surface area (Å²) < 4.78 is 2.66. The fraction of sp³-hybridized carbons (Fsp3) is 0.625. The van der Waals surface area contributed by atoms with Gasteiger partial charge in [-0.15, -0.1) is 0 Å². The van der Waals surface area contributed by atoms with Gasteiger partial charge >= 0.3 is 0 Å². The molecule has 0 saturated carbocycles. The summed E-state index contributed by atoms with van der Waals surface area (Å²) in [4.78, 5) is 2.14. The van der Waals surface area contributed by atoms with E-state index in [1.807, 2.05) is 17.8 Å². The second kappa shape index (κ2) is 3.31. The Morgan fingerprint density at radius 1 is 1.69 bits per heavy atom. The van der Waals surface area contributed by atoms with Crippen molar-refractivity contribution < 1.29 is 5.11 Å². The van der Waals surface area contributed by atoms with E-state index < -0.39 is 0 Å². The predicted octanol–water partition coefficient (Wildman–Crippen LogP) is 0.754. The average Bonchev–Trinajstić information content (AvgIpc) is 2.58. The predicted molar refractivity (Wildman–Crippen MR) is 53.7 cm³/mol. The number of hydrogen-bond acceptors (Lipinski definition) is 3. The fourth-order valence-electron chi connectivity index (χ4n) is 1.67. The summed E-state index contributed by atoms with van der Waals surface area (Å²) in [5.74, 6) is 1.06. The highest BCUT2D eigenvalue weighted by molar-refractivity contribution is 9.10. The summed E-state index contributed by atoms with van der Waals surface area (Å²) in [6, 6.07) is 1.97. The Hall–Kier alpha value is -0.550. The molecule has 0 aliphatic carbocycles. The number of nitrogens with zero attached hydrogens (tertiary/aromatic N) is 3. The molecule has 0 amide bonds. The number of aromatic nitrogens is 2. The van der Waals surface area contributed by atoms with Crippen molar-refractivity contribution in [3.05, 3.63) is 10.7 Å². The SMILES string of the molecule is Cn1nc(Br)cc1N1CCC(O)C1. The van der Waals surface area contributed by atoms with Crippen LogP contribution in [0.2, 0.25) is 0 Å². The minimum absolute atomic E-state index is 0.186. The zero-order valence-electron chi connectivity index (χ0n) is 7.44. The molecule has 2 rings (SSSR count). The molecular weight excluding hydrogens is 234 g/mol. The van der Waals surface area contributed by atoms with E-state index in [9.17, 15) is 5.11 Å². The van der Waals surface area contributed by atoms with Crippen LogP contribution in [0.5, 0.6) is 0 Å². The van der Waals surface area contributed by atoms with Gasteiger partial charge in [-0.1, -0.05) is 0 Å². The van der Waals surface area contributed by atoms with Crippen molar-refractivity contribution in [2.24, 2.45) is 7.05 Å². The molecule has 1 aromatic heterocycles. The zero-order valence-corrected chi connectivity index (χ0v) is 9.03. The van der Waals surface area contributed by atoms with Gasteiger partial charge in [0.25, 0.3) is 0 Å². The molecule has 2 heterocycles. The first-order valence-corrected chi connectivity index (χ1v) is 5.08. The second-order valence-corrected chi connectivity index (χ2v) is 4.15. The van der Waals surface area contributed by atoms with E-state index in [0.717, 1.165) is 23.4 Å². The van der Waals surface area contributed by atoms with Crippen molar-refractivity contribution in [1.29, 1.82) is 0 Å². The number of β-amino-alcohol motifs (C(OH)–C–C–N with tert-alkyl or cyclic N) is 1. The van der Waals surface area contributed by atoms with Gasteiger partial charge in [0, 0.05) is 26.2 Å². The van der Waals surface area contributed by atoms with Gasteiger partial charge in [-0.2, -0.15) is 5.10 Å². The Kier molecular flexibility index (Phi) is 2.29. The molecule has 0 radical (unpaired) electrons. The highest BCUT2D eigenvalue weighted by Crippen LogP contribution is 2.22. The largest absolute Gasteiger partial charge is 0.391 e. The zero-order chi connectivity index (χ0) is 9.42. The second-order valence-electron chi connectivity index (χ2n) is 3.34. The monoisotopic (exact) mass is 245 g/mol. The van der Waals surface area contributed by atoms with Gasteiger partial charge in [-0.3, -0.25) is 4.68 Å². The maximum atomic E-state index is 9.38. The topological polar surface area (TPSA) is 41.3 Å². The van der Waals surface area contributed by atoms with Gasteiger partial charge in [0.05, 0.1) is 6.10 Å². The molecule has 0 aromatic carbocycles. The molecule has 1 saturated heterocycles. The number of rotatable bonds is 1. The minimum Gasteiger partial charge on any atom is -0.391 e. The fourth-order valence-corrected chi connectivity index (χ4v) is 2.11. The molecule has 1 atom stereocenters. The molecule has 13 heavy (non-hydrogen) atoms. The van der Waals surface area contributed by atoms with Gasteiger partial charge in [-0.25, -0.2) is 0 Å². The Bertz CT molecular complexity index is 312. The van der Waals surface area contributed by atoms with E-state index in [2.05, 4.69) is 25.9 Å². The number of anilines is 1. The third-order valence-corrected chi connectivity index (χ3v) is 2.70. The highest BCUT2D eigenvalue weighted by Gasteiger charge is 2.22. The molecule has 72 valence electrons. The maximum Gasteiger partial charge on any atom is 0.130 e. The smallest absolute Gasteiger partial charge is 0.130 e. The van der Waals surface area contributed by atoms with Crippen molar-refractivity contribution in [3.8, 4) is 0 Å². The molecule has 1 aliphatic rings. The van der Waals surface area contributed by atoms with Gasteiger partial charge in [0.2, 0.25) is 0 Å². The number of aliphatic hydroxyl groups excluding tert-OH is 1. The molecule has 1 aromatic rings. The van der Waals surface area contributed by atoms with Crippen LogP contribution in [0.15, 0.2) is 10.7 Å². The quantitative estimate of drug-likeness (QED) is 0.795. The van der Waals surface area contributed by atoms with E-state index in [4.69, 9.17) is 0 Å². The Morgan fingerprint density at radius 2 is 2.46 bits per heavy atom. The first kappa shape index (κ1) is 9.02. The third kappa shape index (κ3) is 1.71. The van der Waals surface area contributed by atoms with E-state index in [-0.39, 0.29) is 6.10 Å². The molecule has 5 heteroatoms. The van der Waals surface area contributed by atoms with Crippen molar-refractivity contribution >= 4 is 21.7 Å². The summed E-state index contributed by atoms with van der Waals surface area (Å²) in [6.07, 6.45) is 0.664. The lowest BCUT2D eigenvalue weighted by molar-refractivity contribution is 0.198. The van der Waals surface area contributed by atoms with Crippen molar-refractivity contribution in [2.45, 2.75) is 12.5 Å². The van der Waals surface area contributed by atoms with Crippen LogP contribution < -0.4 is 4.90 Å². The average molecular weight is 246 g/mol. The molecule has 1 aliphatic heterocycles. The summed E-state index contributed by atoms with van der Waals surface area (Å²) in [5, 5.41) is 13.6. The van der Waals surface area contributed by atoms with Crippen LogP contribution in [0.3, 0.4) is 0 Å². The lowest BCUT2D eigenvalue weighted by Gasteiger charge is -2.16. The van der Waals surface area contributed by atoms with Gasteiger partial charge in [-0.05, 0) is 22.4 Å². The molecule has 1 unspecified atom stereocenters. The molecule has 4 nitrogen and oxygen atoms in total. The van der Waals surface area contributed by atoms with Crippen LogP contribution in [0, 0.1) is 0 Å². The van der Waals surface area contributed by atoms with Crippen LogP contribution in [0.25, 0.3) is 0 Å². The first-order chi connectivity index (χ1) is 6.16. The summed E-state index contributed by atoms with van der Waals surface area (Å²) in [5.41, 5.74) is 0. The number of halogens is 1. The van der Waals surface area contributed by atoms with Crippen molar-refractivity contribution in [1.82, 2.24) is 9.78 Å². The first-order valence-electron chi connectivity index (χ1n) is 4.29. The number of aryl methyl sites for hydroxylation is 1. The van der Waals surface area contributed by atoms with Gasteiger partial charge in [0.15, 0.2) is 0 Å². The summed E-state index contributed by atoms with van der Waals surface area (Å²) in [6.45, 7) is 1.62. The molecule has 0 bridgehead atoms. The van der Waals surface area contributed by atoms with E-state index in [0.29, 0.717) is 6.54 Å². The minimum atomic E-state index is -0.186. The normalized spacial score (nSPS) is 22.7. The van der Waals surface area contributed by atoms with Crippen molar-refractivity contribution in [2.75, 3.05) is 18.0 Å². The van der Waals surface area contributed by atoms with E-state index in [1.54, 1.807) is 0 Å². The summed E-state index contributed by atoms with van der Waals surface area (Å²) >= 11 is 3.32. The highest BCUT2D eigenvalue weighted by atomic mass is 79.9. The Labute approximate surface area is 85.3 Å². The molecule has 0 spiro atoms. The van der Waals surface area contributed by atoms with Crippen LogP contribution in [-0.4, -0.2) is 34.1 Å². The number of hydrogen-bond donors (Lipinski definition) is 1. The molecular formula is C8H12BrN3O. The third-order valence-electron chi connectivity index (χ3n) is 2.31. The lowest BCUT2D eigenvalue weighted by atomic mass is 10.3. The molecule has 1 N–H and O–H groups in total. The molecule has 1 fully saturated rings. The standard InChI is InChI=1S/C8H12BrN3O/c1-11-8(4-7(9)10-11)12-3-2-6(13)5-12/h4,6,13H,2-3,5H2,1H3. The lowest BCUT2D eigenvalue weighted by Crippen LogP contribution is -2.23. The van der Waals surface area contributed by atoms with Crippen LogP contribution >= 0.6 is 15.9 Å². The van der Waals surface area contributed by atoms with Gasteiger partial charge in [0.1, 0.15) is 10.4 Å². The van der Waals surface area contributed by atoms with E-state index in [1.165, 1.54) is 0 Å².